The zero-order chi connectivity index (χ0) is 25.2. The SMILES string of the molecule is COc1cccc(C(=O)N2CCN(C(=O)C3CCCN3C(=O)c3ccc4ccccc4c3O)CC2)c1. The maximum atomic E-state index is 13.4. The Morgan fingerprint density at radius 1 is 0.861 bits per heavy atom. The van der Waals surface area contributed by atoms with Gasteiger partial charge in [-0.05, 0) is 42.5 Å². The van der Waals surface area contributed by atoms with Gasteiger partial charge in [0.25, 0.3) is 11.8 Å². The minimum atomic E-state index is -0.566. The molecular formula is C28H29N3O5. The van der Waals surface area contributed by atoms with Gasteiger partial charge in [0.15, 0.2) is 0 Å². The average Bonchev–Trinajstić information content (AvgIpc) is 3.42. The molecular weight excluding hydrogens is 458 g/mol. The van der Waals surface area contributed by atoms with Crippen LogP contribution in [0.2, 0.25) is 0 Å². The molecule has 2 aliphatic heterocycles. The van der Waals surface area contributed by atoms with E-state index < -0.39 is 6.04 Å². The minimum absolute atomic E-state index is 0.0548. The topological polar surface area (TPSA) is 90.4 Å². The van der Waals surface area contributed by atoms with Gasteiger partial charge in [0.1, 0.15) is 17.5 Å². The summed E-state index contributed by atoms with van der Waals surface area (Å²) in [5, 5.41) is 12.2. The van der Waals surface area contributed by atoms with Crippen LogP contribution < -0.4 is 4.74 Å². The predicted molar refractivity (Wildman–Crippen MR) is 135 cm³/mol. The van der Waals surface area contributed by atoms with Gasteiger partial charge in [-0.15, -0.1) is 0 Å². The van der Waals surface area contributed by atoms with Crippen LogP contribution in [0.5, 0.6) is 11.5 Å². The summed E-state index contributed by atoms with van der Waals surface area (Å²) < 4.78 is 5.22. The molecule has 2 saturated heterocycles. The fraction of sp³-hybridized carbons (Fsp3) is 0.321. The Morgan fingerprint density at radius 3 is 2.39 bits per heavy atom. The van der Waals surface area contributed by atoms with Gasteiger partial charge in [-0.1, -0.05) is 36.4 Å². The van der Waals surface area contributed by atoms with Crippen LogP contribution in [0, 0.1) is 0 Å². The molecule has 1 N–H and O–H groups in total. The van der Waals surface area contributed by atoms with Gasteiger partial charge >= 0.3 is 0 Å². The summed E-state index contributed by atoms with van der Waals surface area (Å²) in [6.07, 6.45) is 1.31. The predicted octanol–water partition coefficient (Wildman–Crippen LogP) is 3.14. The second-order valence-corrected chi connectivity index (χ2v) is 9.19. The molecule has 3 aromatic rings. The summed E-state index contributed by atoms with van der Waals surface area (Å²) in [4.78, 5) is 44.8. The molecule has 2 fully saturated rings. The van der Waals surface area contributed by atoms with E-state index >= 15 is 0 Å². The number of benzene rings is 3. The Balaban J connectivity index is 1.26. The molecule has 3 amide bonds. The van der Waals surface area contributed by atoms with Crippen molar-refractivity contribution in [3.8, 4) is 11.5 Å². The molecule has 0 spiro atoms. The fourth-order valence-electron chi connectivity index (χ4n) is 5.13. The van der Waals surface area contributed by atoms with Crippen molar-refractivity contribution in [2.45, 2.75) is 18.9 Å². The van der Waals surface area contributed by atoms with Crippen molar-refractivity contribution in [2.75, 3.05) is 39.8 Å². The van der Waals surface area contributed by atoms with E-state index in [1.807, 2.05) is 24.3 Å². The number of carbonyl (C=O) groups is 3. The standard InChI is InChI=1S/C28H29N3O5/c1-36-21-8-4-7-20(18-21)26(33)29-14-16-30(17-15-29)28(35)24-10-5-13-31(24)27(34)23-12-11-19-6-2-3-9-22(19)25(23)32/h2-4,6-9,11-12,18,24,32H,5,10,13-17H2,1H3. The van der Waals surface area contributed by atoms with Gasteiger partial charge in [0.05, 0.1) is 12.7 Å². The summed E-state index contributed by atoms with van der Waals surface area (Å²) in [6.45, 7) is 2.14. The molecule has 1 atom stereocenters. The average molecular weight is 488 g/mol. The molecule has 8 heteroatoms. The molecule has 0 aliphatic carbocycles. The number of hydrogen-bond donors (Lipinski definition) is 1. The van der Waals surface area contributed by atoms with Gasteiger partial charge in [0.2, 0.25) is 5.91 Å². The first kappa shape index (κ1) is 23.7. The van der Waals surface area contributed by atoms with Crippen molar-refractivity contribution >= 4 is 28.5 Å². The largest absolute Gasteiger partial charge is 0.506 e. The van der Waals surface area contributed by atoms with E-state index in [0.29, 0.717) is 55.8 Å². The summed E-state index contributed by atoms with van der Waals surface area (Å²) in [5.74, 6) is 0.0416. The van der Waals surface area contributed by atoms with Crippen LogP contribution >= 0.6 is 0 Å². The lowest BCUT2D eigenvalue weighted by Crippen LogP contribution is -2.55. The fourth-order valence-corrected chi connectivity index (χ4v) is 5.13. The van der Waals surface area contributed by atoms with Crippen molar-refractivity contribution in [3.63, 3.8) is 0 Å². The normalized spacial score (nSPS) is 17.9. The Bertz CT molecular complexity index is 1320. The van der Waals surface area contributed by atoms with E-state index in [2.05, 4.69) is 0 Å². The number of ether oxygens (including phenoxy) is 1. The van der Waals surface area contributed by atoms with E-state index in [0.717, 1.165) is 11.8 Å². The number of fused-ring (bicyclic) bond motifs is 1. The Labute approximate surface area is 209 Å². The van der Waals surface area contributed by atoms with Crippen LogP contribution in [-0.2, 0) is 4.79 Å². The number of piperazine rings is 1. The third-order valence-corrected chi connectivity index (χ3v) is 7.12. The summed E-state index contributed by atoms with van der Waals surface area (Å²) in [6, 6.07) is 17.3. The van der Waals surface area contributed by atoms with E-state index in [-0.39, 0.29) is 29.0 Å². The molecule has 8 nitrogen and oxygen atoms in total. The number of amides is 3. The highest BCUT2D eigenvalue weighted by atomic mass is 16.5. The number of rotatable bonds is 4. The lowest BCUT2D eigenvalue weighted by atomic mass is 10.0. The molecule has 0 radical (unpaired) electrons. The van der Waals surface area contributed by atoms with Gasteiger partial charge < -0.3 is 24.5 Å². The van der Waals surface area contributed by atoms with Crippen molar-refractivity contribution in [3.05, 3.63) is 71.8 Å². The number of phenolic OH excluding ortho intramolecular Hbond substituents is 1. The lowest BCUT2D eigenvalue weighted by molar-refractivity contribution is -0.136. The Hall–Kier alpha value is -4.07. The maximum Gasteiger partial charge on any atom is 0.258 e. The van der Waals surface area contributed by atoms with Crippen molar-refractivity contribution in [2.24, 2.45) is 0 Å². The molecule has 2 heterocycles. The van der Waals surface area contributed by atoms with Crippen LogP contribution in [0.1, 0.15) is 33.6 Å². The number of hydrogen-bond acceptors (Lipinski definition) is 5. The molecule has 0 bridgehead atoms. The molecule has 0 saturated carbocycles. The molecule has 5 rings (SSSR count). The van der Waals surface area contributed by atoms with Gasteiger partial charge in [-0.3, -0.25) is 14.4 Å². The Kier molecular flexibility index (Phi) is 6.50. The summed E-state index contributed by atoms with van der Waals surface area (Å²) in [7, 11) is 1.56. The van der Waals surface area contributed by atoms with Crippen molar-refractivity contribution in [1.29, 1.82) is 0 Å². The molecule has 2 aliphatic rings. The van der Waals surface area contributed by atoms with E-state index in [1.54, 1.807) is 58.2 Å². The first-order chi connectivity index (χ1) is 17.5. The smallest absolute Gasteiger partial charge is 0.258 e. The quantitative estimate of drug-likeness (QED) is 0.611. The van der Waals surface area contributed by atoms with Crippen LogP contribution in [0.4, 0.5) is 0 Å². The zero-order valence-corrected chi connectivity index (χ0v) is 20.2. The first-order valence-corrected chi connectivity index (χ1v) is 12.2. The second kappa shape index (κ2) is 9.89. The molecule has 186 valence electrons. The van der Waals surface area contributed by atoms with E-state index in [9.17, 15) is 19.5 Å². The van der Waals surface area contributed by atoms with Crippen molar-refractivity contribution in [1.82, 2.24) is 14.7 Å². The first-order valence-electron chi connectivity index (χ1n) is 12.2. The third-order valence-electron chi connectivity index (χ3n) is 7.12. The van der Waals surface area contributed by atoms with Crippen molar-refractivity contribution < 1.29 is 24.2 Å². The highest BCUT2D eigenvalue weighted by molar-refractivity contribution is 6.05. The van der Waals surface area contributed by atoms with Gasteiger partial charge in [0, 0.05) is 43.7 Å². The summed E-state index contributed by atoms with van der Waals surface area (Å²) in [5.41, 5.74) is 0.763. The Morgan fingerprint density at radius 2 is 1.61 bits per heavy atom. The van der Waals surface area contributed by atoms with Crippen LogP contribution in [-0.4, -0.2) is 83.4 Å². The van der Waals surface area contributed by atoms with E-state index in [1.165, 1.54) is 0 Å². The van der Waals surface area contributed by atoms with Crippen LogP contribution in [0.25, 0.3) is 10.8 Å². The van der Waals surface area contributed by atoms with Crippen LogP contribution in [0.3, 0.4) is 0 Å². The van der Waals surface area contributed by atoms with Gasteiger partial charge in [-0.25, -0.2) is 0 Å². The summed E-state index contributed by atoms with van der Waals surface area (Å²) >= 11 is 0. The number of methoxy groups -OCH3 is 1. The van der Waals surface area contributed by atoms with Crippen LogP contribution in [0.15, 0.2) is 60.7 Å². The highest BCUT2D eigenvalue weighted by Crippen LogP contribution is 2.31. The zero-order valence-electron chi connectivity index (χ0n) is 20.2. The number of nitrogens with zero attached hydrogens (tertiary/aromatic N) is 3. The molecule has 1 unspecified atom stereocenters. The third kappa shape index (κ3) is 4.34. The number of carbonyl (C=O) groups excluding carboxylic acids is 3. The van der Waals surface area contributed by atoms with Gasteiger partial charge in [-0.2, -0.15) is 0 Å². The number of phenols is 1. The second-order valence-electron chi connectivity index (χ2n) is 9.19. The molecule has 3 aromatic carbocycles. The maximum absolute atomic E-state index is 13.4. The molecule has 36 heavy (non-hydrogen) atoms. The molecule has 0 aromatic heterocycles. The van der Waals surface area contributed by atoms with E-state index in [4.69, 9.17) is 4.74 Å². The minimum Gasteiger partial charge on any atom is -0.506 e. The highest BCUT2D eigenvalue weighted by Gasteiger charge is 2.38. The number of likely N-dealkylation sites (tertiary alicyclic amines) is 1. The number of aromatic hydroxyl groups is 1. The lowest BCUT2D eigenvalue weighted by Gasteiger charge is -2.37. The monoisotopic (exact) mass is 487 g/mol.